The van der Waals surface area contributed by atoms with Gasteiger partial charge in [-0.2, -0.15) is 0 Å². The minimum Gasteiger partial charge on any atom is -0.478 e. The molecule has 0 saturated carbocycles. The zero-order chi connectivity index (χ0) is 11.4. The molecule has 16 heavy (non-hydrogen) atoms. The van der Waals surface area contributed by atoms with Crippen molar-refractivity contribution in [2.45, 2.75) is 6.10 Å². The van der Waals surface area contributed by atoms with Crippen molar-refractivity contribution >= 4 is 5.97 Å². The molecule has 6 heteroatoms. The third-order valence-electron chi connectivity index (χ3n) is 2.04. The van der Waals surface area contributed by atoms with Crippen LogP contribution in [0.25, 0.3) is 0 Å². The third kappa shape index (κ3) is 2.68. The summed E-state index contributed by atoms with van der Waals surface area (Å²) < 4.78 is 15.5. The minimum atomic E-state index is -1.01. The van der Waals surface area contributed by atoms with E-state index in [1.54, 1.807) is 0 Å². The Balaban J connectivity index is 2.02. The van der Waals surface area contributed by atoms with E-state index in [-0.39, 0.29) is 24.3 Å². The molecule has 0 aliphatic carbocycles. The maximum absolute atomic E-state index is 10.7. The number of carboxylic acid groups (broad SMARTS) is 1. The van der Waals surface area contributed by atoms with Gasteiger partial charge in [0.15, 0.2) is 0 Å². The Morgan fingerprint density at radius 1 is 1.50 bits per heavy atom. The highest BCUT2D eigenvalue weighted by molar-refractivity contribution is 5.87. The summed E-state index contributed by atoms with van der Waals surface area (Å²) in [6, 6.07) is 2.78. The molecule has 2 rings (SSSR count). The Labute approximate surface area is 91.8 Å². The number of carboxylic acids is 1. The van der Waals surface area contributed by atoms with E-state index in [1.165, 1.54) is 18.3 Å². The summed E-state index contributed by atoms with van der Waals surface area (Å²) in [5.41, 5.74) is 0.141. The minimum absolute atomic E-state index is 0.141. The highest BCUT2D eigenvalue weighted by Crippen LogP contribution is 2.12. The molecule has 1 fully saturated rings. The Morgan fingerprint density at radius 3 is 2.94 bits per heavy atom. The average molecular weight is 225 g/mol. The second-order valence-electron chi connectivity index (χ2n) is 3.29. The molecule has 0 unspecified atom stereocenters. The monoisotopic (exact) mass is 225 g/mol. The SMILES string of the molecule is O=C(O)c1ccnc(OC2COCOC2)c1. The van der Waals surface area contributed by atoms with Gasteiger partial charge in [-0.05, 0) is 6.07 Å². The molecule has 1 aliphatic heterocycles. The Kier molecular flexibility index (Phi) is 3.33. The fourth-order valence-corrected chi connectivity index (χ4v) is 1.31. The maximum atomic E-state index is 10.7. The zero-order valence-corrected chi connectivity index (χ0v) is 8.46. The lowest BCUT2D eigenvalue weighted by Crippen LogP contribution is -2.34. The van der Waals surface area contributed by atoms with Crippen molar-refractivity contribution < 1.29 is 24.1 Å². The first-order valence-corrected chi connectivity index (χ1v) is 4.77. The maximum Gasteiger partial charge on any atom is 0.335 e. The van der Waals surface area contributed by atoms with Crippen molar-refractivity contribution in [2.24, 2.45) is 0 Å². The predicted octanol–water partition coefficient (Wildman–Crippen LogP) is 0.531. The first-order valence-electron chi connectivity index (χ1n) is 4.77. The average Bonchev–Trinajstić information content (AvgIpc) is 2.30. The van der Waals surface area contributed by atoms with Gasteiger partial charge in [-0.15, -0.1) is 0 Å². The van der Waals surface area contributed by atoms with Gasteiger partial charge in [-0.25, -0.2) is 9.78 Å². The van der Waals surface area contributed by atoms with Crippen LogP contribution >= 0.6 is 0 Å². The van der Waals surface area contributed by atoms with Crippen LogP contribution in [0.2, 0.25) is 0 Å². The predicted molar refractivity (Wildman–Crippen MR) is 52.4 cm³/mol. The molecule has 1 aromatic heterocycles. The van der Waals surface area contributed by atoms with Crippen LogP contribution in [0.4, 0.5) is 0 Å². The number of hydrogen-bond acceptors (Lipinski definition) is 5. The second kappa shape index (κ2) is 4.91. The van der Waals surface area contributed by atoms with Crippen LogP contribution in [-0.2, 0) is 9.47 Å². The van der Waals surface area contributed by atoms with E-state index in [4.69, 9.17) is 19.3 Å². The lowest BCUT2D eigenvalue weighted by molar-refractivity contribution is -0.144. The quantitative estimate of drug-likeness (QED) is 0.808. The van der Waals surface area contributed by atoms with Crippen molar-refractivity contribution in [3.05, 3.63) is 23.9 Å². The molecule has 0 aromatic carbocycles. The van der Waals surface area contributed by atoms with Crippen LogP contribution in [0, 0.1) is 0 Å². The molecule has 0 radical (unpaired) electrons. The summed E-state index contributed by atoms with van der Waals surface area (Å²) in [7, 11) is 0. The van der Waals surface area contributed by atoms with Gasteiger partial charge in [0.2, 0.25) is 5.88 Å². The van der Waals surface area contributed by atoms with Gasteiger partial charge >= 0.3 is 5.97 Å². The number of ether oxygens (including phenoxy) is 3. The molecule has 1 N–H and O–H groups in total. The molecule has 1 aromatic rings. The molecule has 6 nitrogen and oxygen atoms in total. The van der Waals surface area contributed by atoms with Crippen LogP contribution in [0.5, 0.6) is 5.88 Å². The molecule has 0 amide bonds. The van der Waals surface area contributed by atoms with Gasteiger partial charge in [0.25, 0.3) is 0 Å². The molecule has 0 atom stereocenters. The molecule has 2 heterocycles. The molecular weight excluding hydrogens is 214 g/mol. The summed E-state index contributed by atoms with van der Waals surface area (Å²) in [4.78, 5) is 14.6. The number of carbonyl (C=O) groups is 1. The number of nitrogens with zero attached hydrogens (tertiary/aromatic N) is 1. The van der Waals surface area contributed by atoms with Gasteiger partial charge in [0.05, 0.1) is 18.8 Å². The fraction of sp³-hybridized carbons (Fsp3) is 0.400. The molecule has 1 saturated heterocycles. The molecular formula is C10H11NO5. The van der Waals surface area contributed by atoms with E-state index in [9.17, 15) is 4.79 Å². The van der Waals surface area contributed by atoms with Crippen molar-refractivity contribution in [3.63, 3.8) is 0 Å². The number of pyridine rings is 1. The molecule has 0 spiro atoms. The van der Waals surface area contributed by atoms with Crippen LogP contribution < -0.4 is 4.74 Å². The van der Waals surface area contributed by atoms with Gasteiger partial charge < -0.3 is 19.3 Å². The normalized spacial score (nSPS) is 17.0. The van der Waals surface area contributed by atoms with E-state index in [2.05, 4.69) is 4.98 Å². The Morgan fingerprint density at radius 2 is 2.25 bits per heavy atom. The Bertz CT molecular complexity index is 375. The number of aromatic carboxylic acids is 1. The summed E-state index contributed by atoms with van der Waals surface area (Å²) in [5, 5.41) is 8.78. The summed E-state index contributed by atoms with van der Waals surface area (Å²) in [5.74, 6) is -0.748. The number of hydrogen-bond donors (Lipinski definition) is 1. The van der Waals surface area contributed by atoms with E-state index in [1.807, 2.05) is 0 Å². The lowest BCUT2D eigenvalue weighted by Gasteiger charge is -2.22. The van der Waals surface area contributed by atoms with Crippen molar-refractivity contribution in [1.82, 2.24) is 4.98 Å². The smallest absolute Gasteiger partial charge is 0.335 e. The van der Waals surface area contributed by atoms with Crippen LogP contribution in [-0.4, -0.2) is 42.2 Å². The highest BCUT2D eigenvalue weighted by atomic mass is 16.7. The van der Waals surface area contributed by atoms with Crippen LogP contribution in [0.15, 0.2) is 18.3 Å². The van der Waals surface area contributed by atoms with Crippen molar-refractivity contribution in [3.8, 4) is 5.88 Å². The van der Waals surface area contributed by atoms with Crippen LogP contribution in [0.1, 0.15) is 10.4 Å². The molecule has 86 valence electrons. The number of aromatic nitrogens is 1. The fourth-order valence-electron chi connectivity index (χ4n) is 1.31. The van der Waals surface area contributed by atoms with E-state index in [0.717, 1.165) is 0 Å². The number of rotatable bonds is 3. The Hall–Kier alpha value is -1.66. The standard InChI is InChI=1S/C10H11NO5/c12-10(13)7-1-2-11-9(3-7)16-8-4-14-6-15-5-8/h1-3,8H,4-6H2,(H,12,13). The van der Waals surface area contributed by atoms with Gasteiger partial charge in [0.1, 0.15) is 12.9 Å². The van der Waals surface area contributed by atoms with E-state index in [0.29, 0.717) is 13.2 Å². The summed E-state index contributed by atoms with van der Waals surface area (Å²) in [6.45, 7) is 1.10. The van der Waals surface area contributed by atoms with E-state index < -0.39 is 5.97 Å². The van der Waals surface area contributed by atoms with E-state index >= 15 is 0 Å². The van der Waals surface area contributed by atoms with Gasteiger partial charge in [-0.3, -0.25) is 0 Å². The van der Waals surface area contributed by atoms with Crippen molar-refractivity contribution in [2.75, 3.05) is 20.0 Å². The highest BCUT2D eigenvalue weighted by Gasteiger charge is 2.17. The topological polar surface area (TPSA) is 77.9 Å². The first-order chi connectivity index (χ1) is 7.75. The van der Waals surface area contributed by atoms with Crippen molar-refractivity contribution in [1.29, 1.82) is 0 Å². The molecule has 0 bridgehead atoms. The largest absolute Gasteiger partial charge is 0.478 e. The van der Waals surface area contributed by atoms with Crippen LogP contribution in [0.3, 0.4) is 0 Å². The second-order valence-corrected chi connectivity index (χ2v) is 3.29. The van der Waals surface area contributed by atoms with Gasteiger partial charge in [-0.1, -0.05) is 0 Å². The molecule has 1 aliphatic rings. The zero-order valence-electron chi connectivity index (χ0n) is 8.46. The van der Waals surface area contributed by atoms with Gasteiger partial charge in [0, 0.05) is 12.3 Å². The third-order valence-corrected chi connectivity index (χ3v) is 2.04. The summed E-state index contributed by atoms with van der Waals surface area (Å²) in [6.07, 6.45) is 1.15. The lowest BCUT2D eigenvalue weighted by atomic mass is 10.3. The first kappa shape index (κ1) is 10.8. The summed E-state index contributed by atoms with van der Waals surface area (Å²) >= 11 is 0.